The van der Waals surface area contributed by atoms with Crippen LogP contribution in [0.25, 0.3) is 33.6 Å². The SMILES string of the molecule is COC(=O)N[C@@H]1CC[C@H]2CC[C@@H](c3ncc(-c4ccc(-c5ccc(-c6cnc([C@@]7(C)CCCN7C(=O)[C@@H](NC(=O)OC)C(C)C)[nH]6)cc5)cc4)[nH]3)N2C1. The second kappa shape index (κ2) is 15.1. The highest BCUT2D eigenvalue weighted by Crippen LogP contribution is 2.41. The van der Waals surface area contributed by atoms with Crippen LogP contribution in [0.15, 0.2) is 60.9 Å². The molecule has 2 aromatic carbocycles. The third-order valence-corrected chi connectivity index (χ3v) is 11.5. The zero-order valence-electron chi connectivity index (χ0n) is 31.1. The number of nitrogens with one attached hydrogen (secondary N) is 4. The molecular weight excluding hydrogens is 672 g/mol. The molecule has 5 atom stereocenters. The smallest absolute Gasteiger partial charge is 0.407 e. The fourth-order valence-corrected chi connectivity index (χ4v) is 8.41. The number of aromatic nitrogens is 4. The fraction of sp³-hybridized carbons (Fsp3) is 0.475. The van der Waals surface area contributed by atoms with E-state index in [1.807, 2.05) is 38.1 Å². The van der Waals surface area contributed by atoms with Gasteiger partial charge in [-0.15, -0.1) is 0 Å². The normalized spacial score (nSPS) is 23.4. The Morgan fingerprint density at radius 2 is 1.43 bits per heavy atom. The first-order valence-corrected chi connectivity index (χ1v) is 18.7. The second-order valence-corrected chi connectivity index (χ2v) is 15.1. The van der Waals surface area contributed by atoms with Gasteiger partial charge in [0, 0.05) is 25.2 Å². The Kier molecular flexibility index (Phi) is 10.3. The Morgan fingerprint density at radius 3 is 2.08 bits per heavy atom. The standard InChI is InChI=1S/C40H50N8O5/c1-24(2)34(46-39(51)53-5)36(49)48-20-6-19-40(48,3)37-42-22-32(45-37)28-13-9-26(10-14-28)25-7-11-27(12-8-25)31-21-41-35(44-31)33-18-17-30-16-15-29(23-47(30)33)43-38(50)52-4/h7-14,21-22,24,29-30,33-34H,6,15-20,23H2,1-5H3,(H,41,44)(H,42,45)(H,43,50)(H,46,51)/t29-,30+,33+,34+,40-/m1/s1. The van der Waals surface area contributed by atoms with Crippen molar-refractivity contribution in [3.63, 3.8) is 0 Å². The minimum Gasteiger partial charge on any atom is -0.453 e. The largest absolute Gasteiger partial charge is 0.453 e. The van der Waals surface area contributed by atoms with Crippen LogP contribution in [0.2, 0.25) is 0 Å². The number of hydrogen-bond acceptors (Lipinski definition) is 8. The number of likely N-dealkylation sites (tertiary alicyclic amines) is 1. The number of alkyl carbamates (subject to hydrolysis) is 2. The highest BCUT2D eigenvalue weighted by molar-refractivity contribution is 5.87. The van der Waals surface area contributed by atoms with Crippen molar-refractivity contribution in [3.05, 3.63) is 72.6 Å². The number of aromatic amines is 2. The van der Waals surface area contributed by atoms with Crippen molar-refractivity contribution in [1.29, 1.82) is 0 Å². The van der Waals surface area contributed by atoms with Gasteiger partial charge in [0.2, 0.25) is 5.91 Å². The third kappa shape index (κ3) is 7.26. The number of fused-ring (bicyclic) bond motifs is 1. The first kappa shape index (κ1) is 36.2. The maximum Gasteiger partial charge on any atom is 0.407 e. The summed E-state index contributed by atoms with van der Waals surface area (Å²) < 4.78 is 9.61. The van der Waals surface area contributed by atoms with Crippen molar-refractivity contribution in [3.8, 4) is 33.6 Å². The number of imidazole rings is 2. The van der Waals surface area contributed by atoms with Gasteiger partial charge in [0.25, 0.3) is 0 Å². The number of piperidine rings is 1. The van der Waals surface area contributed by atoms with Crippen LogP contribution in [0.4, 0.5) is 9.59 Å². The predicted molar refractivity (Wildman–Crippen MR) is 201 cm³/mol. The molecule has 13 nitrogen and oxygen atoms in total. The monoisotopic (exact) mass is 722 g/mol. The van der Waals surface area contributed by atoms with E-state index < -0.39 is 17.7 Å². The summed E-state index contributed by atoms with van der Waals surface area (Å²) in [6.45, 7) is 7.24. The summed E-state index contributed by atoms with van der Waals surface area (Å²) in [5.74, 6) is 1.45. The van der Waals surface area contributed by atoms with Gasteiger partial charge in [-0.1, -0.05) is 62.4 Å². The predicted octanol–water partition coefficient (Wildman–Crippen LogP) is 6.38. The summed E-state index contributed by atoms with van der Waals surface area (Å²) >= 11 is 0. The molecular formula is C40H50N8O5. The highest BCUT2D eigenvalue weighted by Gasteiger charge is 2.46. The number of H-pyrrole nitrogens is 2. The lowest BCUT2D eigenvalue weighted by molar-refractivity contribution is -0.138. The van der Waals surface area contributed by atoms with E-state index in [9.17, 15) is 14.4 Å². The molecule has 0 aliphatic carbocycles. The van der Waals surface area contributed by atoms with Crippen LogP contribution >= 0.6 is 0 Å². The molecule has 2 aromatic heterocycles. The van der Waals surface area contributed by atoms with E-state index in [-0.39, 0.29) is 30.0 Å². The van der Waals surface area contributed by atoms with Gasteiger partial charge in [-0.2, -0.15) is 0 Å². The Balaban J connectivity index is 1.01. The van der Waals surface area contributed by atoms with E-state index in [4.69, 9.17) is 19.4 Å². The summed E-state index contributed by atoms with van der Waals surface area (Å²) in [7, 11) is 2.70. The Morgan fingerprint density at radius 1 is 0.830 bits per heavy atom. The van der Waals surface area contributed by atoms with Crippen molar-refractivity contribution in [2.24, 2.45) is 5.92 Å². The van der Waals surface area contributed by atoms with E-state index >= 15 is 0 Å². The average molecular weight is 723 g/mol. The number of carbonyl (C=O) groups is 3. The molecule has 5 heterocycles. The van der Waals surface area contributed by atoms with Crippen LogP contribution in [-0.2, 0) is 19.8 Å². The van der Waals surface area contributed by atoms with E-state index in [2.05, 4.69) is 74.0 Å². The van der Waals surface area contributed by atoms with Crippen LogP contribution in [0.1, 0.15) is 77.0 Å². The second-order valence-electron chi connectivity index (χ2n) is 15.1. The van der Waals surface area contributed by atoms with Gasteiger partial charge in [-0.05, 0) is 73.6 Å². The maximum absolute atomic E-state index is 13.7. The molecule has 0 spiro atoms. The molecule has 3 fully saturated rings. The number of benzene rings is 2. The van der Waals surface area contributed by atoms with Crippen molar-refractivity contribution >= 4 is 18.1 Å². The zero-order chi connectivity index (χ0) is 37.3. The van der Waals surface area contributed by atoms with Crippen molar-refractivity contribution in [1.82, 2.24) is 40.4 Å². The van der Waals surface area contributed by atoms with E-state index in [0.29, 0.717) is 12.6 Å². The van der Waals surface area contributed by atoms with Crippen LogP contribution in [0.5, 0.6) is 0 Å². The van der Waals surface area contributed by atoms with Crippen LogP contribution in [-0.4, -0.2) is 93.3 Å². The number of hydrogen-bond donors (Lipinski definition) is 4. The van der Waals surface area contributed by atoms with Crippen molar-refractivity contribution in [2.75, 3.05) is 27.3 Å². The van der Waals surface area contributed by atoms with Gasteiger partial charge in [0.1, 0.15) is 17.7 Å². The number of ether oxygens (including phenoxy) is 2. The maximum atomic E-state index is 13.7. The lowest BCUT2D eigenvalue weighted by Gasteiger charge is -2.37. The summed E-state index contributed by atoms with van der Waals surface area (Å²) in [6.07, 6.45) is 8.56. The molecule has 13 heteroatoms. The number of nitrogens with zero attached hydrogens (tertiary/aromatic N) is 4. The summed E-state index contributed by atoms with van der Waals surface area (Å²) in [4.78, 5) is 58.5. The molecule has 280 valence electrons. The minimum atomic E-state index is -0.694. The number of amides is 3. The topological polar surface area (TPSA) is 158 Å². The molecule has 0 saturated carbocycles. The third-order valence-electron chi connectivity index (χ3n) is 11.5. The zero-order valence-corrected chi connectivity index (χ0v) is 31.1. The molecule has 3 amide bonds. The molecule has 4 N–H and O–H groups in total. The molecule has 7 rings (SSSR count). The molecule has 0 unspecified atom stereocenters. The van der Waals surface area contributed by atoms with E-state index in [1.54, 1.807) is 0 Å². The molecule has 3 aliphatic rings. The van der Waals surface area contributed by atoms with Gasteiger partial charge in [0.15, 0.2) is 0 Å². The lowest BCUT2D eigenvalue weighted by Crippen LogP contribution is -2.55. The van der Waals surface area contributed by atoms with Crippen molar-refractivity contribution < 1.29 is 23.9 Å². The van der Waals surface area contributed by atoms with Crippen LogP contribution < -0.4 is 10.6 Å². The number of rotatable bonds is 9. The molecule has 0 radical (unpaired) electrons. The summed E-state index contributed by atoms with van der Waals surface area (Å²) in [6, 6.07) is 17.0. The first-order chi connectivity index (χ1) is 25.6. The highest BCUT2D eigenvalue weighted by atomic mass is 16.5. The van der Waals surface area contributed by atoms with Gasteiger partial charge >= 0.3 is 12.2 Å². The van der Waals surface area contributed by atoms with Gasteiger partial charge in [-0.25, -0.2) is 19.6 Å². The van der Waals surface area contributed by atoms with E-state index in [0.717, 1.165) is 90.4 Å². The average Bonchev–Trinajstić information content (AvgIpc) is 4.00. The van der Waals surface area contributed by atoms with Gasteiger partial charge in [-0.3, -0.25) is 9.69 Å². The van der Waals surface area contributed by atoms with Gasteiger partial charge < -0.3 is 35.0 Å². The van der Waals surface area contributed by atoms with Crippen LogP contribution in [0.3, 0.4) is 0 Å². The van der Waals surface area contributed by atoms with Crippen LogP contribution in [0, 0.1) is 5.92 Å². The number of carbonyl (C=O) groups excluding carboxylic acids is 3. The van der Waals surface area contributed by atoms with Gasteiger partial charge in [0.05, 0.1) is 49.6 Å². The molecule has 3 saturated heterocycles. The lowest BCUT2D eigenvalue weighted by atomic mass is 9.95. The number of methoxy groups -OCH3 is 2. The molecule has 53 heavy (non-hydrogen) atoms. The summed E-state index contributed by atoms with van der Waals surface area (Å²) in [5, 5.41) is 5.70. The Labute approximate surface area is 310 Å². The first-order valence-electron chi connectivity index (χ1n) is 18.7. The van der Waals surface area contributed by atoms with Crippen molar-refractivity contribution in [2.45, 2.75) is 89.0 Å². The molecule has 3 aliphatic heterocycles. The quantitative estimate of drug-likeness (QED) is 0.155. The van der Waals surface area contributed by atoms with E-state index in [1.165, 1.54) is 14.2 Å². The molecule has 0 bridgehead atoms. The fourth-order valence-electron chi connectivity index (χ4n) is 8.41. The Bertz CT molecular complexity index is 1920. The molecule has 4 aromatic rings. The summed E-state index contributed by atoms with van der Waals surface area (Å²) in [5.41, 5.74) is 5.50. The Hall–Kier alpha value is -5.17. The minimum absolute atomic E-state index is 0.0813.